The van der Waals surface area contributed by atoms with E-state index in [4.69, 9.17) is 5.11 Å². The lowest BCUT2D eigenvalue weighted by Gasteiger charge is -1.98. The zero-order chi connectivity index (χ0) is 9.84. The minimum absolute atomic E-state index is 0.318. The third-order valence-electron chi connectivity index (χ3n) is 1.54. The lowest BCUT2D eigenvalue weighted by Crippen LogP contribution is -2.02. The molecule has 1 N–H and O–H groups in total. The minimum atomic E-state index is -0.371. The van der Waals surface area contributed by atoms with E-state index in [1.54, 1.807) is 13.0 Å². The summed E-state index contributed by atoms with van der Waals surface area (Å²) in [7, 11) is 1.36. The third kappa shape index (κ3) is 2.82. The average Bonchev–Trinajstić information content (AvgIpc) is 2.50. The van der Waals surface area contributed by atoms with Crippen LogP contribution in [0.2, 0.25) is 0 Å². The molecule has 0 aliphatic heterocycles. The zero-order valence-electron chi connectivity index (χ0n) is 7.61. The van der Waals surface area contributed by atoms with Gasteiger partial charge in [0.15, 0.2) is 0 Å². The molecule has 1 rings (SSSR count). The molecule has 0 fully saturated rings. The van der Waals surface area contributed by atoms with Crippen LogP contribution >= 0.6 is 11.3 Å². The van der Waals surface area contributed by atoms with Crippen LogP contribution in [-0.4, -0.2) is 24.3 Å². The monoisotopic (exact) mass is 200 g/mol. The summed E-state index contributed by atoms with van der Waals surface area (Å²) in [6, 6.07) is 3.55. The van der Waals surface area contributed by atoms with Crippen LogP contribution in [0, 0.1) is 0 Å². The molecule has 0 saturated heterocycles. The van der Waals surface area contributed by atoms with Crippen LogP contribution in [0.25, 0.3) is 0 Å². The molecule has 0 bridgehead atoms. The smallest absolute Gasteiger partial charge is 0.348 e. The quantitative estimate of drug-likeness (QED) is 0.751. The molecule has 0 spiro atoms. The second-order valence-electron chi connectivity index (χ2n) is 2.81. The Bertz CT molecular complexity index is 291. The maximum absolute atomic E-state index is 11.0. The molecule has 0 aromatic carbocycles. The predicted octanol–water partition coefficient (Wildman–Crippen LogP) is 1.46. The van der Waals surface area contributed by atoms with Crippen molar-refractivity contribution in [1.82, 2.24) is 0 Å². The Morgan fingerprint density at radius 3 is 2.92 bits per heavy atom. The molecule has 1 heterocycles. The average molecular weight is 200 g/mol. The molecule has 4 heteroatoms. The van der Waals surface area contributed by atoms with Gasteiger partial charge in [-0.3, -0.25) is 0 Å². The lowest BCUT2D eigenvalue weighted by molar-refractivity contribution is 0.0606. The highest BCUT2D eigenvalue weighted by Crippen LogP contribution is 2.18. The van der Waals surface area contributed by atoms with E-state index in [-0.39, 0.29) is 12.1 Å². The van der Waals surface area contributed by atoms with Gasteiger partial charge in [-0.15, -0.1) is 11.3 Å². The predicted molar refractivity (Wildman–Crippen MR) is 51.0 cm³/mol. The van der Waals surface area contributed by atoms with Crippen molar-refractivity contribution in [1.29, 1.82) is 0 Å². The van der Waals surface area contributed by atoms with Crippen LogP contribution in [0.1, 0.15) is 21.5 Å². The number of carbonyl (C=O) groups is 1. The highest BCUT2D eigenvalue weighted by molar-refractivity contribution is 7.13. The Hall–Kier alpha value is -0.870. The van der Waals surface area contributed by atoms with Gasteiger partial charge in [0, 0.05) is 11.3 Å². The molecule has 1 unspecified atom stereocenters. The van der Waals surface area contributed by atoms with E-state index >= 15 is 0 Å². The summed E-state index contributed by atoms with van der Waals surface area (Å²) in [5.74, 6) is -0.318. The fraction of sp³-hybridized carbons (Fsp3) is 0.444. The Labute approximate surface area is 81.0 Å². The van der Waals surface area contributed by atoms with Crippen molar-refractivity contribution in [3.05, 3.63) is 21.9 Å². The first kappa shape index (κ1) is 10.2. The minimum Gasteiger partial charge on any atom is -0.465 e. The second-order valence-corrected chi connectivity index (χ2v) is 3.98. The molecule has 1 atom stereocenters. The molecule has 0 radical (unpaired) electrons. The summed E-state index contributed by atoms with van der Waals surface area (Å²) in [5, 5.41) is 9.10. The summed E-state index contributed by atoms with van der Waals surface area (Å²) in [6.07, 6.45) is 0.214. The Kier molecular flexibility index (Phi) is 3.45. The number of aliphatic hydroxyl groups excluding tert-OH is 1. The fourth-order valence-corrected chi connectivity index (χ4v) is 2.03. The first-order valence-corrected chi connectivity index (χ1v) is 4.80. The maximum Gasteiger partial charge on any atom is 0.348 e. The van der Waals surface area contributed by atoms with Gasteiger partial charge in [-0.2, -0.15) is 0 Å². The summed E-state index contributed by atoms with van der Waals surface area (Å²) < 4.78 is 4.56. The summed E-state index contributed by atoms with van der Waals surface area (Å²) in [4.78, 5) is 12.6. The number of aliphatic hydroxyl groups is 1. The van der Waals surface area contributed by atoms with E-state index in [2.05, 4.69) is 4.74 Å². The van der Waals surface area contributed by atoms with E-state index in [9.17, 15) is 4.79 Å². The zero-order valence-corrected chi connectivity index (χ0v) is 8.43. The summed E-state index contributed by atoms with van der Waals surface area (Å²) >= 11 is 1.36. The van der Waals surface area contributed by atoms with E-state index in [0.717, 1.165) is 4.88 Å². The number of carbonyl (C=O) groups excluding carboxylic acids is 1. The van der Waals surface area contributed by atoms with Crippen LogP contribution in [0.5, 0.6) is 0 Å². The van der Waals surface area contributed by atoms with Crippen molar-refractivity contribution in [3.8, 4) is 0 Å². The van der Waals surface area contributed by atoms with Crippen LogP contribution < -0.4 is 0 Å². The van der Waals surface area contributed by atoms with Gasteiger partial charge >= 0.3 is 5.97 Å². The van der Waals surface area contributed by atoms with Gasteiger partial charge in [0.2, 0.25) is 0 Å². The molecule has 0 saturated carbocycles. The lowest BCUT2D eigenvalue weighted by atomic mass is 10.2. The first-order valence-electron chi connectivity index (χ1n) is 3.98. The molecule has 0 aliphatic carbocycles. The maximum atomic E-state index is 11.0. The van der Waals surface area contributed by atoms with Gasteiger partial charge in [-0.25, -0.2) is 4.79 Å². The Balaban J connectivity index is 2.69. The van der Waals surface area contributed by atoms with Crippen LogP contribution in [-0.2, 0) is 11.2 Å². The van der Waals surface area contributed by atoms with Crippen molar-refractivity contribution in [3.63, 3.8) is 0 Å². The fourth-order valence-electron chi connectivity index (χ4n) is 0.989. The number of rotatable bonds is 3. The number of esters is 1. The number of methoxy groups -OCH3 is 1. The molecular formula is C9H12O3S. The molecule has 3 nitrogen and oxygen atoms in total. The van der Waals surface area contributed by atoms with Crippen LogP contribution in [0.3, 0.4) is 0 Å². The van der Waals surface area contributed by atoms with Crippen molar-refractivity contribution in [2.24, 2.45) is 0 Å². The SMILES string of the molecule is COC(=O)c1ccc(CC(C)O)s1. The molecule has 13 heavy (non-hydrogen) atoms. The largest absolute Gasteiger partial charge is 0.465 e. The molecule has 1 aromatic heterocycles. The normalized spacial score (nSPS) is 12.5. The summed E-state index contributed by atoms with van der Waals surface area (Å²) in [6.45, 7) is 1.72. The van der Waals surface area contributed by atoms with Crippen molar-refractivity contribution in [2.45, 2.75) is 19.4 Å². The molecular weight excluding hydrogens is 188 g/mol. The number of hydrogen-bond donors (Lipinski definition) is 1. The van der Waals surface area contributed by atoms with Gasteiger partial charge in [-0.05, 0) is 19.1 Å². The van der Waals surface area contributed by atoms with E-state index in [0.29, 0.717) is 11.3 Å². The van der Waals surface area contributed by atoms with Crippen molar-refractivity contribution in [2.75, 3.05) is 7.11 Å². The number of hydrogen-bond acceptors (Lipinski definition) is 4. The number of ether oxygens (including phenoxy) is 1. The molecule has 1 aromatic rings. The summed E-state index contributed by atoms with van der Waals surface area (Å²) in [5.41, 5.74) is 0. The molecule has 72 valence electrons. The third-order valence-corrected chi connectivity index (χ3v) is 2.63. The van der Waals surface area contributed by atoms with Gasteiger partial charge in [0.05, 0.1) is 13.2 Å². The Morgan fingerprint density at radius 1 is 1.69 bits per heavy atom. The van der Waals surface area contributed by atoms with E-state index < -0.39 is 0 Å². The molecule has 0 amide bonds. The van der Waals surface area contributed by atoms with E-state index in [1.165, 1.54) is 18.4 Å². The van der Waals surface area contributed by atoms with Gasteiger partial charge in [-0.1, -0.05) is 0 Å². The van der Waals surface area contributed by atoms with Crippen molar-refractivity contribution >= 4 is 17.3 Å². The first-order chi connectivity index (χ1) is 6.13. The Morgan fingerprint density at radius 2 is 2.38 bits per heavy atom. The second kappa shape index (κ2) is 4.39. The van der Waals surface area contributed by atoms with Gasteiger partial charge < -0.3 is 9.84 Å². The highest BCUT2D eigenvalue weighted by Gasteiger charge is 2.09. The highest BCUT2D eigenvalue weighted by atomic mass is 32.1. The van der Waals surface area contributed by atoms with Gasteiger partial charge in [0.25, 0.3) is 0 Å². The van der Waals surface area contributed by atoms with Crippen LogP contribution in [0.15, 0.2) is 12.1 Å². The van der Waals surface area contributed by atoms with Gasteiger partial charge in [0.1, 0.15) is 4.88 Å². The molecule has 0 aliphatic rings. The van der Waals surface area contributed by atoms with E-state index in [1.807, 2.05) is 6.07 Å². The standard InChI is InChI=1S/C9H12O3S/c1-6(10)5-7-3-4-8(13-7)9(11)12-2/h3-4,6,10H,5H2,1-2H3. The van der Waals surface area contributed by atoms with Crippen molar-refractivity contribution < 1.29 is 14.6 Å². The van der Waals surface area contributed by atoms with Crippen LogP contribution in [0.4, 0.5) is 0 Å². The number of thiophene rings is 1. The topological polar surface area (TPSA) is 46.5 Å².